The van der Waals surface area contributed by atoms with Gasteiger partial charge in [0.25, 0.3) is 5.56 Å². The molecule has 1 saturated carbocycles. The number of anilines is 1. The van der Waals surface area contributed by atoms with Gasteiger partial charge in [-0.25, -0.2) is 4.79 Å². The van der Waals surface area contributed by atoms with Gasteiger partial charge in [0.2, 0.25) is 0 Å². The summed E-state index contributed by atoms with van der Waals surface area (Å²) in [5, 5.41) is 0. The minimum Gasteiger partial charge on any atom is -0.384 e. The van der Waals surface area contributed by atoms with E-state index in [0.29, 0.717) is 18.9 Å². The Balaban J connectivity index is 1.76. The Kier molecular flexibility index (Phi) is 5.42. The fraction of sp³-hybridized carbons (Fsp3) is 0.722. The Morgan fingerprint density at radius 1 is 1.20 bits per heavy atom. The van der Waals surface area contributed by atoms with Gasteiger partial charge in [0.05, 0.1) is 6.54 Å². The molecule has 1 aliphatic heterocycles. The van der Waals surface area contributed by atoms with Crippen LogP contribution in [0.5, 0.6) is 0 Å². The van der Waals surface area contributed by atoms with Crippen LogP contribution in [0.4, 0.5) is 5.82 Å². The summed E-state index contributed by atoms with van der Waals surface area (Å²) in [7, 11) is 0. The summed E-state index contributed by atoms with van der Waals surface area (Å²) >= 11 is 0. The zero-order chi connectivity index (χ0) is 18.0. The molecule has 25 heavy (non-hydrogen) atoms. The van der Waals surface area contributed by atoms with Crippen LogP contribution in [0.2, 0.25) is 0 Å². The maximum atomic E-state index is 12.7. The minimum absolute atomic E-state index is 0.00634. The molecule has 138 valence electrons. The van der Waals surface area contributed by atoms with Crippen LogP contribution in [-0.4, -0.2) is 39.9 Å². The van der Waals surface area contributed by atoms with E-state index in [2.05, 4.69) is 9.88 Å². The van der Waals surface area contributed by atoms with Gasteiger partial charge in [-0.2, -0.15) is 0 Å². The number of ketones is 1. The van der Waals surface area contributed by atoms with Crippen molar-refractivity contribution in [1.82, 2.24) is 14.5 Å². The number of fused-ring (bicyclic) bond motifs is 1. The predicted octanol–water partition coefficient (Wildman–Crippen LogP) is 1.22. The fourth-order valence-corrected chi connectivity index (χ4v) is 4.40. The third-order valence-electron chi connectivity index (χ3n) is 5.71. The Bertz CT molecular complexity index is 752. The molecule has 7 nitrogen and oxygen atoms in total. The molecule has 2 aliphatic rings. The zero-order valence-corrected chi connectivity index (χ0v) is 14.9. The van der Waals surface area contributed by atoms with E-state index in [1.54, 1.807) is 0 Å². The molecule has 0 aromatic carbocycles. The van der Waals surface area contributed by atoms with Gasteiger partial charge in [0.15, 0.2) is 5.78 Å². The lowest BCUT2D eigenvalue weighted by molar-refractivity contribution is 0.0712. The molecule has 0 unspecified atom stereocenters. The van der Waals surface area contributed by atoms with Gasteiger partial charge in [-0.1, -0.05) is 26.2 Å². The number of nitrogens with one attached hydrogen (secondary N) is 1. The van der Waals surface area contributed by atoms with E-state index in [-0.39, 0.29) is 23.7 Å². The summed E-state index contributed by atoms with van der Waals surface area (Å²) in [5.41, 5.74) is 4.69. The molecule has 0 bridgehead atoms. The number of likely N-dealkylation sites (tertiary alicyclic amines) is 1. The number of nitrogens with zero attached hydrogens (tertiary/aromatic N) is 2. The Morgan fingerprint density at radius 3 is 2.64 bits per heavy atom. The van der Waals surface area contributed by atoms with Crippen molar-refractivity contribution in [3.05, 3.63) is 26.4 Å². The molecule has 3 rings (SSSR count). The number of aromatic amines is 1. The van der Waals surface area contributed by atoms with E-state index in [1.807, 2.05) is 6.92 Å². The van der Waals surface area contributed by atoms with Gasteiger partial charge < -0.3 is 5.73 Å². The summed E-state index contributed by atoms with van der Waals surface area (Å²) in [6.07, 6.45) is 6.96. The maximum Gasteiger partial charge on any atom is 0.329 e. The van der Waals surface area contributed by atoms with Crippen LogP contribution in [0, 0.1) is 11.8 Å². The number of H-pyrrole nitrogens is 1. The third-order valence-corrected chi connectivity index (χ3v) is 5.71. The highest BCUT2D eigenvalue weighted by Gasteiger charge is 2.32. The summed E-state index contributed by atoms with van der Waals surface area (Å²) in [4.78, 5) is 41.1. The molecule has 1 saturated heterocycles. The second-order valence-electron chi connectivity index (χ2n) is 7.42. The molecular formula is C18H28N4O3. The van der Waals surface area contributed by atoms with E-state index < -0.39 is 11.2 Å². The molecule has 1 aliphatic carbocycles. The van der Waals surface area contributed by atoms with Crippen LogP contribution in [0.3, 0.4) is 0 Å². The number of piperidine rings is 1. The van der Waals surface area contributed by atoms with E-state index in [9.17, 15) is 14.4 Å². The highest BCUT2D eigenvalue weighted by molar-refractivity contribution is 6.01. The van der Waals surface area contributed by atoms with Crippen LogP contribution >= 0.6 is 0 Å². The zero-order valence-electron chi connectivity index (χ0n) is 14.9. The molecule has 0 amide bonds. The lowest BCUT2D eigenvalue weighted by Gasteiger charge is -2.41. The maximum absolute atomic E-state index is 12.7. The molecule has 2 atom stereocenters. The summed E-state index contributed by atoms with van der Waals surface area (Å²) in [6.45, 7) is 4.30. The lowest BCUT2D eigenvalue weighted by atomic mass is 9.75. The first-order valence-corrected chi connectivity index (χ1v) is 9.39. The average Bonchev–Trinajstić information content (AvgIpc) is 2.58. The highest BCUT2D eigenvalue weighted by Crippen LogP contribution is 2.35. The molecule has 2 fully saturated rings. The quantitative estimate of drug-likeness (QED) is 0.779. The van der Waals surface area contributed by atoms with Gasteiger partial charge in [0, 0.05) is 13.1 Å². The topological polar surface area (TPSA) is 101 Å². The van der Waals surface area contributed by atoms with E-state index in [4.69, 9.17) is 5.73 Å². The van der Waals surface area contributed by atoms with Crippen molar-refractivity contribution in [2.45, 2.75) is 52.0 Å². The predicted molar refractivity (Wildman–Crippen MR) is 96.9 cm³/mol. The Morgan fingerprint density at radius 2 is 1.92 bits per heavy atom. The van der Waals surface area contributed by atoms with E-state index in [1.165, 1.54) is 30.3 Å². The van der Waals surface area contributed by atoms with Crippen LogP contribution in [0.1, 0.15) is 55.8 Å². The van der Waals surface area contributed by atoms with Crippen molar-refractivity contribution >= 4 is 11.6 Å². The number of nitrogen functional groups attached to an aromatic ring is 1. The monoisotopic (exact) mass is 348 g/mol. The number of carbonyl (C=O) groups excluding carboxylic acids is 1. The van der Waals surface area contributed by atoms with Gasteiger partial charge in [-0.15, -0.1) is 0 Å². The largest absolute Gasteiger partial charge is 0.384 e. The van der Waals surface area contributed by atoms with Crippen LogP contribution in [0.25, 0.3) is 0 Å². The van der Waals surface area contributed by atoms with Gasteiger partial charge in [-0.3, -0.25) is 24.0 Å². The second kappa shape index (κ2) is 7.56. The van der Waals surface area contributed by atoms with Crippen molar-refractivity contribution in [3.8, 4) is 0 Å². The number of rotatable bonds is 5. The highest BCUT2D eigenvalue weighted by atomic mass is 16.2. The third kappa shape index (κ3) is 3.71. The SMILES string of the molecule is CCCn1c(N)c(C(=O)CN2CC[C@@H]3CCCC[C@@H]3C2)c(=O)[nH]c1=O. The van der Waals surface area contributed by atoms with Crippen molar-refractivity contribution in [2.75, 3.05) is 25.4 Å². The van der Waals surface area contributed by atoms with Gasteiger partial charge in [-0.05, 0) is 37.6 Å². The number of carbonyl (C=O) groups is 1. The van der Waals surface area contributed by atoms with Crippen LogP contribution in [-0.2, 0) is 6.54 Å². The van der Waals surface area contributed by atoms with Crippen molar-refractivity contribution in [3.63, 3.8) is 0 Å². The lowest BCUT2D eigenvalue weighted by Crippen LogP contribution is -2.45. The Hall–Kier alpha value is -1.89. The summed E-state index contributed by atoms with van der Waals surface area (Å²) in [6, 6.07) is 0. The standard InChI is InChI=1S/C18H28N4O3/c1-2-8-22-16(19)15(17(24)20-18(22)25)14(23)11-21-9-7-12-5-3-4-6-13(12)10-21/h12-13H,2-11,19H2,1H3,(H,20,24,25)/t12-,13+/m0/s1. The van der Waals surface area contributed by atoms with Crippen LogP contribution < -0.4 is 17.0 Å². The van der Waals surface area contributed by atoms with Gasteiger partial charge in [0.1, 0.15) is 11.4 Å². The molecule has 2 heterocycles. The van der Waals surface area contributed by atoms with Crippen molar-refractivity contribution < 1.29 is 4.79 Å². The molecule has 0 radical (unpaired) electrons. The Labute approximate surface area is 147 Å². The number of aromatic nitrogens is 2. The number of nitrogens with two attached hydrogens (primary N) is 1. The molecule has 1 aromatic rings. The van der Waals surface area contributed by atoms with E-state index in [0.717, 1.165) is 25.4 Å². The molecular weight excluding hydrogens is 320 g/mol. The summed E-state index contributed by atoms with van der Waals surface area (Å²) < 4.78 is 1.28. The molecule has 0 spiro atoms. The van der Waals surface area contributed by atoms with Crippen molar-refractivity contribution in [2.24, 2.45) is 11.8 Å². The smallest absolute Gasteiger partial charge is 0.329 e. The van der Waals surface area contributed by atoms with Gasteiger partial charge >= 0.3 is 5.69 Å². The van der Waals surface area contributed by atoms with Crippen molar-refractivity contribution in [1.29, 1.82) is 0 Å². The first kappa shape index (κ1) is 17.9. The molecule has 3 N–H and O–H groups in total. The first-order chi connectivity index (χ1) is 12.0. The first-order valence-electron chi connectivity index (χ1n) is 9.39. The fourth-order valence-electron chi connectivity index (χ4n) is 4.40. The molecule has 1 aromatic heterocycles. The second-order valence-corrected chi connectivity index (χ2v) is 7.42. The average molecular weight is 348 g/mol. The molecule has 7 heteroatoms. The van der Waals surface area contributed by atoms with E-state index >= 15 is 0 Å². The minimum atomic E-state index is -0.674. The van der Waals surface area contributed by atoms with Crippen LogP contribution in [0.15, 0.2) is 9.59 Å². The number of Topliss-reactive ketones (excluding diaryl/α,β-unsaturated/α-hetero) is 1. The number of hydrogen-bond donors (Lipinski definition) is 2. The number of hydrogen-bond acceptors (Lipinski definition) is 5. The summed E-state index contributed by atoms with van der Waals surface area (Å²) in [5.74, 6) is 1.16. The normalized spacial score (nSPS) is 24.0.